The van der Waals surface area contributed by atoms with Crippen LogP contribution in [-0.4, -0.2) is 4.21 Å². The van der Waals surface area contributed by atoms with E-state index in [4.69, 9.17) is 0 Å². The van der Waals surface area contributed by atoms with Crippen molar-refractivity contribution in [3.05, 3.63) is 47.1 Å². The summed E-state index contributed by atoms with van der Waals surface area (Å²) in [5, 5.41) is 0. The molecule has 0 heterocycles. The number of hydrogen-bond donors (Lipinski definition) is 0. The molecule has 1 unspecified atom stereocenters. The molecule has 0 aromatic carbocycles. The van der Waals surface area contributed by atoms with E-state index in [2.05, 4.69) is 62.3 Å². The summed E-state index contributed by atoms with van der Waals surface area (Å²) in [6.45, 7) is 8.45. The van der Waals surface area contributed by atoms with Gasteiger partial charge in [0.25, 0.3) is 0 Å². The van der Waals surface area contributed by atoms with E-state index in [1.54, 1.807) is 0 Å². The Kier molecular flexibility index (Phi) is 17.8. The first-order valence-electron chi connectivity index (χ1n) is 5.48. The molecule has 0 aromatic heterocycles. The minimum atomic E-state index is 0. The number of rotatable bonds is 0. The van der Waals surface area contributed by atoms with Gasteiger partial charge >= 0.3 is 28.4 Å². The SMILES string of the molecule is CC1=[C-]C(C)C=C1C.CC1=[C-]CC=C1.Cl.Cl.[CH2]=[Zr+2]. The normalized spacial score (nSPS) is 18.8. The second-order valence-electron chi connectivity index (χ2n) is 3.87. The summed E-state index contributed by atoms with van der Waals surface area (Å²) in [6.07, 6.45) is 13.9. The summed E-state index contributed by atoms with van der Waals surface area (Å²) in [7, 11) is 0. The second kappa shape index (κ2) is 13.7. The van der Waals surface area contributed by atoms with Crippen LogP contribution in [0, 0.1) is 18.1 Å². The summed E-state index contributed by atoms with van der Waals surface area (Å²) in [5.74, 6) is 0.551. The van der Waals surface area contributed by atoms with E-state index in [1.807, 2.05) is 0 Å². The fraction of sp³-hybridized carbons (Fsp3) is 0.400. The molecule has 0 radical (unpaired) electrons. The van der Waals surface area contributed by atoms with Gasteiger partial charge in [0, 0.05) is 0 Å². The van der Waals surface area contributed by atoms with Crippen molar-refractivity contribution in [2.75, 3.05) is 0 Å². The molecule has 2 aliphatic carbocycles. The standard InChI is InChI=1S/C8H11.C6H7.CH2.2ClH.Zr/c1-6-4-7(2)8(3)5-6;1-6-4-2-3-5-6;;;;/h4,6H,1-3H3;2,4H,3H2,1H3;1H2;2*1H;/q2*-1;;;;+2. The molecular weight excluding hydrogens is 342 g/mol. The Hall–Kier alpha value is 0.293. The Morgan fingerprint density at radius 1 is 1.22 bits per heavy atom. The van der Waals surface area contributed by atoms with Crippen LogP contribution in [0.2, 0.25) is 0 Å². The van der Waals surface area contributed by atoms with E-state index in [-0.39, 0.29) is 24.8 Å². The molecular formula is C15H22Cl2Zr. The van der Waals surface area contributed by atoms with Gasteiger partial charge in [-0.25, -0.2) is 22.8 Å². The van der Waals surface area contributed by atoms with E-state index >= 15 is 0 Å². The zero-order valence-electron chi connectivity index (χ0n) is 11.5. The second-order valence-corrected chi connectivity index (χ2v) is 3.87. The molecule has 0 bridgehead atoms. The van der Waals surface area contributed by atoms with Crippen LogP contribution < -0.4 is 0 Å². The van der Waals surface area contributed by atoms with E-state index in [0.717, 1.165) is 6.42 Å². The maximum absolute atomic E-state index is 3.34. The molecule has 3 heteroatoms. The molecule has 0 aromatic rings. The molecule has 0 fully saturated rings. The Morgan fingerprint density at radius 2 is 1.78 bits per heavy atom. The van der Waals surface area contributed by atoms with Crippen LogP contribution in [0.15, 0.2) is 34.9 Å². The van der Waals surface area contributed by atoms with Gasteiger partial charge < -0.3 is 0 Å². The molecule has 0 aliphatic heterocycles. The Morgan fingerprint density at radius 3 is 1.89 bits per heavy atom. The monoisotopic (exact) mass is 362 g/mol. The Bertz CT molecular complexity index is 318. The first kappa shape index (κ1) is 23.4. The van der Waals surface area contributed by atoms with Crippen molar-refractivity contribution in [2.24, 2.45) is 5.92 Å². The molecule has 100 valence electrons. The average molecular weight is 364 g/mol. The van der Waals surface area contributed by atoms with Gasteiger partial charge in [0.2, 0.25) is 0 Å². The van der Waals surface area contributed by atoms with Crippen molar-refractivity contribution in [3.63, 3.8) is 0 Å². The third-order valence-corrected chi connectivity index (χ3v) is 2.40. The van der Waals surface area contributed by atoms with Crippen molar-refractivity contribution in [2.45, 2.75) is 34.1 Å². The van der Waals surface area contributed by atoms with Gasteiger partial charge in [-0.2, -0.15) is 12.2 Å². The molecule has 0 saturated carbocycles. The van der Waals surface area contributed by atoms with Crippen molar-refractivity contribution in [3.8, 4) is 0 Å². The predicted octanol–water partition coefficient (Wildman–Crippen LogP) is 4.84. The third kappa shape index (κ3) is 10.2. The quantitative estimate of drug-likeness (QED) is 0.540. The van der Waals surface area contributed by atoms with Crippen molar-refractivity contribution in [1.82, 2.24) is 0 Å². The zero-order chi connectivity index (χ0) is 12.6. The van der Waals surface area contributed by atoms with Gasteiger partial charge in [0.1, 0.15) is 0 Å². The van der Waals surface area contributed by atoms with Gasteiger partial charge in [-0.3, -0.25) is 12.2 Å². The molecule has 1 atom stereocenters. The molecule has 0 saturated heterocycles. The van der Waals surface area contributed by atoms with Crippen molar-refractivity contribution in [1.29, 1.82) is 0 Å². The molecule has 0 N–H and O–H groups in total. The van der Waals surface area contributed by atoms with E-state index < -0.39 is 0 Å². The number of hydrogen-bond acceptors (Lipinski definition) is 0. The van der Waals surface area contributed by atoms with E-state index in [0.29, 0.717) is 5.92 Å². The van der Waals surface area contributed by atoms with E-state index in [9.17, 15) is 0 Å². The Labute approximate surface area is 139 Å². The fourth-order valence-electron chi connectivity index (χ4n) is 1.51. The average Bonchev–Trinajstić information content (AvgIpc) is 2.82. The molecule has 18 heavy (non-hydrogen) atoms. The van der Waals surface area contributed by atoms with Crippen LogP contribution in [0.1, 0.15) is 34.1 Å². The van der Waals surface area contributed by atoms with Gasteiger partial charge in [-0.1, -0.05) is 26.7 Å². The summed E-state index contributed by atoms with van der Waals surface area (Å²) in [5.41, 5.74) is 3.98. The first-order valence-corrected chi connectivity index (χ1v) is 7.21. The molecule has 0 amide bonds. The summed E-state index contributed by atoms with van der Waals surface area (Å²) in [4.78, 5) is 0. The van der Waals surface area contributed by atoms with Crippen LogP contribution in [0.3, 0.4) is 0 Å². The van der Waals surface area contributed by atoms with Gasteiger partial charge in [-0.15, -0.1) is 38.2 Å². The Balaban J connectivity index is -0.000000204. The summed E-state index contributed by atoms with van der Waals surface area (Å²) < 4.78 is 3.34. The molecule has 2 aliphatic rings. The molecule has 2 rings (SSSR count). The van der Waals surface area contributed by atoms with Crippen LogP contribution in [-0.2, 0) is 24.2 Å². The summed E-state index contributed by atoms with van der Waals surface area (Å²) in [6, 6.07) is 0. The predicted molar refractivity (Wildman–Crippen MR) is 83.2 cm³/mol. The summed E-state index contributed by atoms with van der Waals surface area (Å²) >= 11 is 1.30. The minimum absolute atomic E-state index is 0. The van der Waals surface area contributed by atoms with Gasteiger partial charge in [0.15, 0.2) is 0 Å². The van der Waals surface area contributed by atoms with Crippen molar-refractivity contribution < 1.29 is 24.2 Å². The van der Waals surface area contributed by atoms with Crippen molar-refractivity contribution >= 4 is 29.0 Å². The van der Waals surface area contributed by atoms with Crippen LogP contribution >= 0.6 is 24.8 Å². The maximum atomic E-state index is 3.34. The van der Waals surface area contributed by atoms with Gasteiger partial charge in [0.05, 0.1) is 0 Å². The molecule has 0 nitrogen and oxygen atoms in total. The first-order chi connectivity index (χ1) is 7.59. The number of allylic oxidation sites excluding steroid dienone is 8. The fourth-order valence-corrected chi connectivity index (χ4v) is 1.51. The molecule has 0 spiro atoms. The zero-order valence-corrected chi connectivity index (χ0v) is 15.6. The van der Waals surface area contributed by atoms with Crippen LogP contribution in [0.25, 0.3) is 0 Å². The topological polar surface area (TPSA) is 0 Å². The van der Waals surface area contributed by atoms with Crippen LogP contribution in [0.4, 0.5) is 0 Å². The van der Waals surface area contributed by atoms with E-state index in [1.165, 1.54) is 41.0 Å². The number of halogens is 2. The van der Waals surface area contributed by atoms with Crippen LogP contribution in [0.5, 0.6) is 0 Å². The third-order valence-electron chi connectivity index (χ3n) is 2.40. The van der Waals surface area contributed by atoms with Gasteiger partial charge in [-0.05, 0) is 0 Å².